The van der Waals surface area contributed by atoms with Crippen LogP contribution in [0, 0.1) is 11.5 Å². The molecule has 0 amide bonds. The second-order valence-corrected chi connectivity index (χ2v) is 6.87. The maximum absolute atomic E-state index is 12.9. The van der Waals surface area contributed by atoms with Crippen molar-refractivity contribution in [2.75, 3.05) is 13.1 Å². The van der Waals surface area contributed by atoms with Crippen LogP contribution in [-0.4, -0.2) is 45.0 Å². The van der Waals surface area contributed by atoms with E-state index in [1.807, 2.05) is 18.3 Å². The lowest BCUT2D eigenvalue weighted by Gasteiger charge is -2.35. The molecule has 1 fully saturated rings. The van der Waals surface area contributed by atoms with Crippen molar-refractivity contribution in [3.05, 3.63) is 36.3 Å². The number of aliphatic imine (C=N–C) groups is 1. The van der Waals surface area contributed by atoms with Gasteiger partial charge in [0.2, 0.25) is 6.19 Å². The SMILES string of the molecule is N#CN=C(CC(F)(F)F)N1CCC[C@H](c2cc[nH]c3cnc4nccc4c23)C1. The zero-order chi connectivity index (χ0) is 19.7. The molecule has 1 aliphatic heterocycles. The smallest absolute Gasteiger partial charge is 0.360 e. The number of hydrogen-bond acceptors (Lipinski definition) is 4. The van der Waals surface area contributed by atoms with E-state index in [2.05, 4.69) is 19.9 Å². The summed E-state index contributed by atoms with van der Waals surface area (Å²) < 4.78 is 38.7. The number of nitrogens with zero attached hydrogens (tertiary/aromatic N) is 5. The first-order chi connectivity index (χ1) is 13.5. The first kappa shape index (κ1) is 18.2. The van der Waals surface area contributed by atoms with Crippen molar-refractivity contribution in [1.82, 2.24) is 19.9 Å². The number of aromatic nitrogens is 3. The fourth-order valence-electron chi connectivity index (χ4n) is 3.95. The molecule has 144 valence electrons. The number of H-pyrrole nitrogens is 1. The molecule has 28 heavy (non-hydrogen) atoms. The summed E-state index contributed by atoms with van der Waals surface area (Å²) in [6.45, 7) is 0.840. The predicted molar refractivity (Wildman–Crippen MR) is 98.7 cm³/mol. The number of aromatic amines is 1. The van der Waals surface area contributed by atoms with Gasteiger partial charge in [-0.2, -0.15) is 23.4 Å². The second-order valence-electron chi connectivity index (χ2n) is 6.87. The zero-order valence-electron chi connectivity index (χ0n) is 14.9. The minimum Gasteiger partial charge on any atom is -0.360 e. The summed E-state index contributed by atoms with van der Waals surface area (Å²) in [6, 6.07) is 3.86. The molecule has 0 saturated carbocycles. The summed E-state index contributed by atoms with van der Waals surface area (Å²) in [5, 5.41) is 10.7. The number of hydrogen-bond donors (Lipinski definition) is 1. The molecule has 0 spiro atoms. The molecule has 1 atom stereocenters. The summed E-state index contributed by atoms with van der Waals surface area (Å²) in [7, 11) is 0. The first-order valence-corrected chi connectivity index (χ1v) is 8.94. The Morgan fingerprint density at radius 3 is 3.00 bits per heavy atom. The van der Waals surface area contributed by atoms with E-state index in [-0.39, 0.29) is 11.8 Å². The molecule has 0 aromatic carbocycles. The Morgan fingerprint density at radius 1 is 1.36 bits per heavy atom. The lowest BCUT2D eigenvalue weighted by Crippen LogP contribution is -2.41. The molecule has 1 N–H and O–H groups in total. The molecule has 9 heteroatoms. The van der Waals surface area contributed by atoms with Crippen LogP contribution in [0.4, 0.5) is 13.2 Å². The van der Waals surface area contributed by atoms with E-state index < -0.39 is 12.6 Å². The average Bonchev–Trinajstić information content (AvgIpc) is 3.15. The molecule has 3 aromatic heterocycles. The van der Waals surface area contributed by atoms with Crippen LogP contribution in [0.25, 0.3) is 21.9 Å². The number of nitriles is 1. The molecule has 1 aliphatic rings. The molecule has 0 radical (unpaired) electrons. The van der Waals surface area contributed by atoms with Crippen molar-refractivity contribution >= 4 is 27.8 Å². The van der Waals surface area contributed by atoms with Gasteiger partial charge in [0.1, 0.15) is 12.3 Å². The number of pyridine rings is 2. The van der Waals surface area contributed by atoms with Crippen molar-refractivity contribution in [2.24, 2.45) is 4.99 Å². The van der Waals surface area contributed by atoms with Crippen LogP contribution < -0.4 is 0 Å². The molecular formula is C19H17F3N6. The highest BCUT2D eigenvalue weighted by Gasteiger charge is 2.34. The number of halogens is 3. The van der Waals surface area contributed by atoms with Gasteiger partial charge in [-0.15, -0.1) is 0 Å². The highest BCUT2D eigenvalue weighted by molar-refractivity contribution is 6.05. The van der Waals surface area contributed by atoms with Gasteiger partial charge in [-0.1, -0.05) is 0 Å². The molecule has 4 rings (SSSR count). The van der Waals surface area contributed by atoms with E-state index in [1.54, 1.807) is 17.3 Å². The minimum atomic E-state index is -4.41. The first-order valence-electron chi connectivity index (χ1n) is 8.94. The normalized spacial score (nSPS) is 18.6. The molecule has 0 aliphatic carbocycles. The third-order valence-electron chi connectivity index (χ3n) is 5.09. The van der Waals surface area contributed by atoms with Crippen molar-refractivity contribution in [2.45, 2.75) is 31.4 Å². The van der Waals surface area contributed by atoms with Gasteiger partial charge in [0, 0.05) is 42.2 Å². The molecule has 0 bridgehead atoms. The second kappa shape index (κ2) is 7.11. The van der Waals surface area contributed by atoms with Crippen molar-refractivity contribution < 1.29 is 13.2 Å². The number of fused-ring (bicyclic) bond motifs is 3. The quantitative estimate of drug-likeness (QED) is 0.408. The lowest BCUT2D eigenvalue weighted by atomic mass is 9.88. The molecule has 4 heterocycles. The van der Waals surface area contributed by atoms with Gasteiger partial charge in [0.25, 0.3) is 0 Å². The topological polar surface area (TPSA) is 81.0 Å². The summed E-state index contributed by atoms with van der Waals surface area (Å²) in [5.74, 6) is -0.197. The Hall–Kier alpha value is -3.15. The van der Waals surface area contributed by atoms with Crippen LogP contribution >= 0.6 is 0 Å². The average molecular weight is 386 g/mol. The van der Waals surface area contributed by atoms with E-state index in [4.69, 9.17) is 5.26 Å². The highest BCUT2D eigenvalue weighted by Crippen LogP contribution is 2.35. The van der Waals surface area contributed by atoms with Crippen LogP contribution in [0.15, 0.2) is 35.7 Å². The third kappa shape index (κ3) is 3.50. The number of piperidine rings is 1. The number of alkyl halides is 3. The Kier molecular flexibility index (Phi) is 4.63. The van der Waals surface area contributed by atoms with E-state index in [0.717, 1.165) is 34.7 Å². The van der Waals surface area contributed by atoms with Crippen LogP contribution in [0.2, 0.25) is 0 Å². The van der Waals surface area contributed by atoms with Crippen molar-refractivity contribution in [3.8, 4) is 6.19 Å². The third-order valence-corrected chi connectivity index (χ3v) is 5.09. The number of rotatable bonds is 2. The maximum atomic E-state index is 12.9. The number of amidine groups is 1. The number of nitrogens with one attached hydrogen (secondary N) is 1. The minimum absolute atomic E-state index is 0.0171. The fourth-order valence-corrected chi connectivity index (χ4v) is 3.95. The van der Waals surface area contributed by atoms with Crippen LogP contribution in [0.3, 0.4) is 0 Å². The van der Waals surface area contributed by atoms with Gasteiger partial charge in [0.15, 0.2) is 5.65 Å². The van der Waals surface area contributed by atoms with Gasteiger partial charge < -0.3 is 9.88 Å². The van der Waals surface area contributed by atoms with E-state index in [1.165, 1.54) is 6.19 Å². The van der Waals surface area contributed by atoms with Crippen LogP contribution in [-0.2, 0) is 0 Å². The van der Waals surface area contributed by atoms with Gasteiger partial charge in [-0.3, -0.25) is 0 Å². The fraction of sp³-hybridized carbons (Fsp3) is 0.368. The van der Waals surface area contributed by atoms with E-state index in [0.29, 0.717) is 18.7 Å². The monoisotopic (exact) mass is 386 g/mol. The zero-order valence-corrected chi connectivity index (χ0v) is 14.9. The summed E-state index contributed by atoms with van der Waals surface area (Å²) in [6.07, 6.45) is 2.72. The van der Waals surface area contributed by atoms with E-state index in [9.17, 15) is 13.2 Å². The lowest BCUT2D eigenvalue weighted by molar-refractivity contribution is -0.122. The summed E-state index contributed by atoms with van der Waals surface area (Å²) >= 11 is 0. The summed E-state index contributed by atoms with van der Waals surface area (Å²) in [4.78, 5) is 16.8. The van der Waals surface area contributed by atoms with Crippen LogP contribution in [0.5, 0.6) is 0 Å². The molecule has 1 saturated heterocycles. The predicted octanol–water partition coefficient (Wildman–Crippen LogP) is 4.12. The molecule has 6 nitrogen and oxygen atoms in total. The molecule has 3 aromatic rings. The molecule has 0 unspecified atom stereocenters. The number of likely N-dealkylation sites (tertiary alicyclic amines) is 1. The van der Waals surface area contributed by atoms with Gasteiger partial charge in [0.05, 0.1) is 11.7 Å². The van der Waals surface area contributed by atoms with E-state index >= 15 is 0 Å². The summed E-state index contributed by atoms with van der Waals surface area (Å²) in [5.41, 5.74) is 2.54. The Labute approximate surface area is 158 Å². The highest BCUT2D eigenvalue weighted by atomic mass is 19.4. The largest absolute Gasteiger partial charge is 0.396 e. The van der Waals surface area contributed by atoms with Crippen molar-refractivity contribution in [1.29, 1.82) is 5.26 Å². The maximum Gasteiger partial charge on any atom is 0.396 e. The van der Waals surface area contributed by atoms with Gasteiger partial charge in [-0.05, 0) is 30.5 Å². The Morgan fingerprint density at radius 2 is 2.21 bits per heavy atom. The van der Waals surface area contributed by atoms with Gasteiger partial charge in [-0.25, -0.2) is 9.97 Å². The Balaban J connectivity index is 1.71. The van der Waals surface area contributed by atoms with Gasteiger partial charge >= 0.3 is 6.18 Å². The van der Waals surface area contributed by atoms with Crippen molar-refractivity contribution in [3.63, 3.8) is 0 Å². The standard InChI is InChI=1S/C19H17F3N6/c20-19(21,22)8-16(27-11-23)28-7-1-2-12(10-28)13-3-5-24-15-9-26-18-14(17(13)15)4-6-25-18/h3-6,9,12,24H,1-2,7-8,10H2/t12-/m0/s1. The molecular weight excluding hydrogens is 369 g/mol. The van der Waals surface area contributed by atoms with Crippen LogP contribution in [0.1, 0.15) is 30.7 Å². The Bertz CT molecular complexity index is 1080.